The van der Waals surface area contributed by atoms with Crippen molar-refractivity contribution in [3.63, 3.8) is 0 Å². The molecule has 2 aromatic carbocycles. The molecule has 0 saturated heterocycles. The Bertz CT molecular complexity index is 842. The first-order chi connectivity index (χ1) is 11.6. The predicted octanol–water partition coefficient (Wildman–Crippen LogP) is 3.02. The molecule has 0 spiro atoms. The standard InChI is InChI=1S/C19H21N4S.BrH/c1-14-15(2)24-19(23(14)3)22-21-18-11-9-17(10-12-18)20-13-16-7-5-4-6-8-16;/h4-12,20H,13H2,1-3H3;1H/q+1;/p-1. The van der Waals surface area contributed by atoms with Gasteiger partial charge in [-0.2, -0.15) is 0 Å². The summed E-state index contributed by atoms with van der Waals surface area (Å²) >= 11 is 1.66. The molecule has 0 saturated carbocycles. The van der Waals surface area contributed by atoms with Crippen molar-refractivity contribution < 1.29 is 17.0 Å². The monoisotopic (exact) mass is 416 g/mol. The number of benzene rings is 2. The summed E-state index contributed by atoms with van der Waals surface area (Å²) in [6.45, 7) is 5.01. The maximum absolute atomic E-state index is 4.37. The summed E-state index contributed by atoms with van der Waals surface area (Å²) in [6, 6.07) is 18.4. The van der Waals surface area contributed by atoms with Gasteiger partial charge in [0.1, 0.15) is 0 Å². The van der Waals surface area contributed by atoms with Crippen molar-refractivity contribution in [2.24, 2.45) is 17.3 Å². The van der Waals surface area contributed by atoms with E-state index >= 15 is 0 Å². The Morgan fingerprint density at radius 1 is 1.04 bits per heavy atom. The number of azo groups is 1. The minimum absolute atomic E-state index is 0. The highest BCUT2D eigenvalue weighted by atomic mass is 79.9. The third kappa shape index (κ3) is 4.96. The van der Waals surface area contributed by atoms with Gasteiger partial charge in [0.05, 0.1) is 17.0 Å². The van der Waals surface area contributed by atoms with E-state index in [0.717, 1.165) is 23.1 Å². The molecule has 0 radical (unpaired) electrons. The van der Waals surface area contributed by atoms with Crippen LogP contribution < -0.4 is 22.3 Å². The molecule has 3 rings (SSSR count). The van der Waals surface area contributed by atoms with E-state index in [1.165, 1.54) is 16.1 Å². The first kappa shape index (κ1) is 19.3. The van der Waals surface area contributed by atoms with Crippen molar-refractivity contribution in [3.8, 4) is 0 Å². The smallest absolute Gasteiger partial charge is 0.317 e. The van der Waals surface area contributed by atoms with Gasteiger partial charge in [0.15, 0.2) is 10.6 Å². The van der Waals surface area contributed by atoms with Crippen LogP contribution in [0.5, 0.6) is 0 Å². The zero-order chi connectivity index (χ0) is 16.9. The molecule has 0 bridgehead atoms. The number of anilines is 1. The Balaban J connectivity index is 0.00000225. The minimum Gasteiger partial charge on any atom is -1.00 e. The molecular formula is C19H21BrN4S. The lowest BCUT2D eigenvalue weighted by molar-refractivity contribution is -0.00000499. The minimum atomic E-state index is 0. The van der Waals surface area contributed by atoms with E-state index in [9.17, 15) is 0 Å². The summed E-state index contributed by atoms with van der Waals surface area (Å²) in [4.78, 5) is 1.27. The molecule has 4 nitrogen and oxygen atoms in total. The van der Waals surface area contributed by atoms with Gasteiger partial charge in [0.25, 0.3) is 0 Å². The van der Waals surface area contributed by atoms with E-state index in [-0.39, 0.29) is 17.0 Å². The van der Waals surface area contributed by atoms with Crippen LogP contribution in [0.4, 0.5) is 16.5 Å². The first-order valence-electron chi connectivity index (χ1n) is 7.89. The average Bonchev–Trinajstić information content (AvgIpc) is 2.87. The van der Waals surface area contributed by atoms with Crippen LogP contribution in [0.2, 0.25) is 0 Å². The van der Waals surface area contributed by atoms with E-state index in [1.54, 1.807) is 11.3 Å². The largest absolute Gasteiger partial charge is 1.00 e. The first-order valence-corrected chi connectivity index (χ1v) is 8.71. The van der Waals surface area contributed by atoms with Gasteiger partial charge in [0, 0.05) is 33.1 Å². The summed E-state index contributed by atoms with van der Waals surface area (Å²) in [6.07, 6.45) is 0. The molecule has 0 unspecified atom stereocenters. The molecule has 130 valence electrons. The van der Waals surface area contributed by atoms with Crippen molar-refractivity contribution in [2.45, 2.75) is 20.4 Å². The van der Waals surface area contributed by atoms with E-state index in [2.05, 4.69) is 58.2 Å². The lowest BCUT2D eigenvalue weighted by Gasteiger charge is -2.06. The molecule has 1 heterocycles. The Morgan fingerprint density at radius 3 is 2.32 bits per heavy atom. The number of nitrogens with zero attached hydrogens (tertiary/aromatic N) is 3. The zero-order valence-corrected chi connectivity index (χ0v) is 16.9. The number of hydrogen-bond acceptors (Lipinski definition) is 4. The molecular weight excluding hydrogens is 396 g/mol. The van der Waals surface area contributed by atoms with E-state index in [1.807, 2.05) is 37.4 Å². The molecule has 0 aliphatic carbocycles. The number of thiazole rings is 1. The molecule has 0 aliphatic rings. The van der Waals surface area contributed by atoms with Gasteiger partial charge < -0.3 is 22.3 Å². The van der Waals surface area contributed by atoms with Crippen LogP contribution in [0.15, 0.2) is 64.8 Å². The van der Waals surface area contributed by atoms with Gasteiger partial charge in [-0.05, 0) is 29.8 Å². The second-order valence-electron chi connectivity index (χ2n) is 5.67. The van der Waals surface area contributed by atoms with Crippen LogP contribution in [-0.4, -0.2) is 4.57 Å². The number of nitrogens with one attached hydrogen (secondary N) is 1. The second kappa shape index (κ2) is 8.87. The molecule has 25 heavy (non-hydrogen) atoms. The van der Waals surface area contributed by atoms with Gasteiger partial charge in [0.2, 0.25) is 0 Å². The molecule has 3 aromatic rings. The van der Waals surface area contributed by atoms with Gasteiger partial charge in [-0.15, -0.1) is 5.11 Å². The predicted molar refractivity (Wildman–Crippen MR) is 102 cm³/mol. The number of rotatable bonds is 5. The van der Waals surface area contributed by atoms with Gasteiger partial charge in [-0.1, -0.05) is 35.4 Å². The fraction of sp³-hybridized carbons (Fsp3) is 0.211. The Kier molecular flexibility index (Phi) is 6.84. The normalized spacial score (nSPS) is 10.7. The highest BCUT2D eigenvalue weighted by Crippen LogP contribution is 2.29. The Labute approximate surface area is 163 Å². The summed E-state index contributed by atoms with van der Waals surface area (Å²) in [5.41, 5.74) is 4.42. The SMILES string of the molecule is Cc1s[c+](N=Nc2ccc(NCc3ccccc3)cc2)n(C)c1C.[Br-]. The molecule has 1 aromatic heterocycles. The summed E-state index contributed by atoms with van der Waals surface area (Å²) in [7, 11) is 2.02. The highest BCUT2D eigenvalue weighted by Gasteiger charge is 2.16. The maximum atomic E-state index is 4.37. The van der Waals surface area contributed by atoms with Crippen molar-refractivity contribution in [2.75, 3.05) is 5.32 Å². The molecule has 1 N–H and O–H groups in total. The lowest BCUT2D eigenvalue weighted by atomic mass is 10.2. The highest BCUT2D eigenvalue weighted by molar-refractivity contribution is 7.15. The average molecular weight is 417 g/mol. The van der Waals surface area contributed by atoms with E-state index < -0.39 is 0 Å². The van der Waals surface area contributed by atoms with Gasteiger partial charge in [-0.25, -0.2) is 4.57 Å². The lowest BCUT2D eigenvalue weighted by Crippen LogP contribution is -3.00. The van der Waals surface area contributed by atoms with Crippen LogP contribution in [-0.2, 0) is 13.6 Å². The van der Waals surface area contributed by atoms with Crippen molar-refractivity contribution in [3.05, 3.63) is 70.7 Å². The van der Waals surface area contributed by atoms with Gasteiger partial charge in [-0.3, -0.25) is 0 Å². The Hall–Kier alpha value is -2.05. The summed E-state index contributed by atoms with van der Waals surface area (Å²) < 4.78 is 2.07. The topological polar surface area (TPSA) is 41.7 Å². The number of hydrogen-bond donors (Lipinski definition) is 1. The molecule has 0 atom stereocenters. The van der Waals surface area contributed by atoms with Crippen LogP contribution >= 0.6 is 11.3 Å². The fourth-order valence-electron chi connectivity index (χ4n) is 2.29. The van der Waals surface area contributed by atoms with Crippen LogP contribution in [0.1, 0.15) is 16.1 Å². The maximum Gasteiger partial charge on any atom is 0.317 e. The number of aryl methyl sites for hydroxylation is 1. The van der Waals surface area contributed by atoms with E-state index in [4.69, 9.17) is 0 Å². The Morgan fingerprint density at radius 2 is 1.72 bits per heavy atom. The van der Waals surface area contributed by atoms with Crippen LogP contribution in [0, 0.1) is 13.8 Å². The third-order valence-corrected chi connectivity index (χ3v) is 5.14. The van der Waals surface area contributed by atoms with Crippen LogP contribution in [0.25, 0.3) is 0 Å². The fourth-order valence-corrected chi connectivity index (χ4v) is 3.21. The molecule has 6 heteroatoms. The van der Waals surface area contributed by atoms with Crippen molar-refractivity contribution >= 4 is 27.8 Å². The van der Waals surface area contributed by atoms with Crippen LogP contribution in [0.3, 0.4) is 0 Å². The summed E-state index contributed by atoms with van der Waals surface area (Å²) in [5, 5.41) is 13.0. The number of aromatic nitrogens is 1. The molecule has 0 fully saturated rings. The van der Waals surface area contributed by atoms with E-state index in [0.29, 0.717) is 0 Å². The number of halogens is 1. The molecule has 0 aliphatic heterocycles. The quantitative estimate of drug-likeness (QED) is 0.503. The zero-order valence-electron chi connectivity index (χ0n) is 14.5. The third-order valence-electron chi connectivity index (χ3n) is 4.00. The molecule has 0 amide bonds. The van der Waals surface area contributed by atoms with Crippen molar-refractivity contribution in [1.29, 1.82) is 0 Å². The van der Waals surface area contributed by atoms with Crippen molar-refractivity contribution in [1.82, 2.24) is 4.57 Å². The second-order valence-corrected chi connectivity index (χ2v) is 6.85. The summed E-state index contributed by atoms with van der Waals surface area (Å²) in [5.74, 6) is 0. The van der Waals surface area contributed by atoms with Gasteiger partial charge >= 0.3 is 5.13 Å².